The first kappa shape index (κ1) is 8.02. The van der Waals surface area contributed by atoms with E-state index in [1.54, 1.807) is 0 Å². The molecule has 2 heteroatoms. The molecule has 0 saturated carbocycles. The molecule has 1 rings (SSSR count). The molecule has 60 valence electrons. The molecule has 1 heterocycles. The molecule has 2 unspecified atom stereocenters. The van der Waals surface area contributed by atoms with E-state index in [2.05, 4.69) is 19.2 Å². The number of nitrogens with one attached hydrogen (secondary N) is 1. The SMILES string of the molecule is CC(C)C1CNCCC1O. The van der Waals surface area contributed by atoms with Crippen molar-refractivity contribution in [1.82, 2.24) is 5.32 Å². The standard InChI is InChI=1S/C8H17NO/c1-6(2)7-5-9-4-3-8(7)10/h6-10H,3-5H2,1-2H3. The first-order valence-electron chi connectivity index (χ1n) is 4.10. The molecule has 0 amide bonds. The van der Waals surface area contributed by atoms with Crippen molar-refractivity contribution in [2.24, 2.45) is 11.8 Å². The van der Waals surface area contributed by atoms with Gasteiger partial charge in [-0.1, -0.05) is 13.8 Å². The van der Waals surface area contributed by atoms with E-state index in [0.29, 0.717) is 11.8 Å². The summed E-state index contributed by atoms with van der Waals surface area (Å²) in [7, 11) is 0. The molecule has 1 saturated heterocycles. The predicted octanol–water partition coefficient (Wildman–Crippen LogP) is 0.613. The molecular weight excluding hydrogens is 126 g/mol. The molecule has 0 bridgehead atoms. The molecular formula is C8H17NO. The van der Waals surface area contributed by atoms with E-state index < -0.39 is 0 Å². The van der Waals surface area contributed by atoms with Crippen LogP contribution in [-0.2, 0) is 0 Å². The average Bonchev–Trinajstić information content (AvgIpc) is 1.88. The Morgan fingerprint density at radius 3 is 2.60 bits per heavy atom. The maximum atomic E-state index is 9.50. The zero-order valence-corrected chi connectivity index (χ0v) is 6.80. The second kappa shape index (κ2) is 3.35. The minimum absolute atomic E-state index is 0.0683. The van der Waals surface area contributed by atoms with Crippen molar-refractivity contribution in [3.63, 3.8) is 0 Å². The molecule has 0 radical (unpaired) electrons. The summed E-state index contributed by atoms with van der Waals surface area (Å²) in [6.07, 6.45) is 0.851. The molecule has 0 aromatic heterocycles. The second-order valence-electron chi connectivity index (χ2n) is 3.47. The summed E-state index contributed by atoms with van der Waals surface area (Å²) >= 11 is 0. The summed E-state index contributed by atoms with van der Waals surface area (Å²) in [4.78, 5) is 0. The van der Waals surface area contributed by atoms with Crippen molar-refractivity contribution in [1.29, 1.82) is 0 Å². The van der Waals surface area contributed by atoms with Gasteiger partial charge < -0.3 is 10.4 Å². The second-order valence-corrected chi connectivity index (χ2v) is 3.47. The summed E-state index contributed by atoms with van der Waals surface area (Å²) < 4.78 is 0. The van der Waals surface area contributed by atoms with Crippen LogP contribution in [0, 0.1) is 11.8 Å². The van der Waals surface area contributed by atoms with Gasteiger partial charge in [0.05, 0.1) is 6.10 Å². The highest BCUT2D eigenvalue weighted by Gasteiger charge is 2.24. The van der Waals surface area contributed by atoms with Crippen LogP contribution in [0.1, 0.15) is 20.3 Å². The lowest BCUT2D eigenvalue weighted by atomic mass is 9.86. The molecule has 1 aliphatic rings. The third-order valence-corrected chi connectivity index (χ3v) is 2.35. The lowest BCUT2D eigenvalue weighted by molar-refractivity contribution is 0.0551. The predicted molar refractivity (Wildman–Crippen MR) is 41.8 cm³/mol. The highest BCUT2D eigenvalue weighted by Crippen LogP contribution is 2.19. The summed E-state index contributed by atoms with van der Waals surface area (Å²) in [5.74, 6) is 1.07. The molecule has 2 N–H and O–H groups in total. The average molecular weight is 143 g/mol. The number of aliphatic hydroxyl groups is 1. The van der Waals surface area contributed by atoms with Gasteiger partial charge >= 0.3 is 0 Å². The van der Waals surface area contributed by atoms with Crippen LogP contribution in [0.5, 0.6) is 0 Å². The van der Waals surface area contributed by atoms with Crippen molar-refractivity contribution >= 4 is 0 Å². The van der Waals surface area contributed by atoms with Crippen molar-refractivity contribution < 1.29 is 5.11 Å². The summed E-state index contributed by atoms with van der Waals surface area (Å²) in [6, 6.07) is 0. The Bertz CT molecular complexity index is 103. The molecule has 2 atom stereocenters. The van der Waals surface area contributed by atoms with Crippen LogP contribution in [-0.4, -0.2) is 24.3 Å². The smallest absolute Gasteiger partial charge is 0.0595 e. The van der Waals surface area contributed by atoms with Crippen molar-refractivity contribution in [2.75, 3.05) is 13.1 Å². The zero-order chi connectivity index (χ0) is 7.56. The Balaban J connectivity index is 2.40. The van der Waals surface area contributed by atoms with E-state index >= 15 is 0 Å². The number of hydrogen-bond donors (Lipinski definition) is 2. The Morgan fingerprint density at radius 1 is 1.50 bits per heavy atom. The number of piperidine rings is 1. The normalized spacial score (nSPS) is 34.8. The monoisotopic (exact) mass is 143 g/mol. The molecule has 1 aliphatic heterocycles. The fourth-order valence-corrected chi connectivity index (χ4v) is 1.55. The molecule has 0 spiro atoms. The minimum atomic E-state index is -0.0683. The van der Waals surface area contributed by atoms with Gasteiger partial charge in [0.25, 0.3) is 0 Å². The van der Waals surface area contributed by atoms with Gasteiger partial charge in [-0.15, -0.1) is 0 Å². The molecule has 2 nitrogen and oxygen atoms in total. The van der Waals surface area contributed by atoms with Gasteiger partial charge in [-0.05, 0) is 24.8 Å². The summed E-state index contributed by atoms with van der Waals surface area (Å²) in [5, 5.41) is 12.8. The van der Waals surface area contributed by atoms with Crippen LogP contribution in [0.3, 0.4) is 0 Å². The van der Waals surface area contributed by atoms with Crippen LogP contribution >= 0.6 is 0 Å². The number of rotatable bonds is 1. The van der Waals surface area contributed by atoms with E-state index in [1.165, 1.54) is 0 Å². The van der Waals surface area contributed by atoms with Crippen molar-refractivity contribution in [3.8, 4) is 0 Å². The first-order valence-corrected chi connectivity index (χ1v) is 4.10. The largest absolute Gasteiger partial charge is 0.393 e. The zero-order valence-electron chi connectivity index (χ0n) is 6.80. The fourth-order valence-electron chi connectivity index (χ4n) is 1.55. The quantitative estimate of drug-likeness (QED) is 0.564. The van der Waals surface area contributed by atoms with E-state index in [1.807, 2.05) is 0 Å². The summed E-state index contributed by atoms with van der Waals surface area (Å²) in [6.45, 7) is 6.30. The maximum Gasteiger partial charge on any atom is 0.0595 e. The van der Waals surface area contributed by atoms with Gasteiger partial charge in [0.1, 0.15) is 0 Å². The maximum absolute atomic E-state index is 9.50. The topological polar surface area (TPSA) is 32.3 Å². The first-order chi connectivity index (χ1) is 4.72. The molecule has 1 fully saturated rings. The molecule has 10 heavy (non-hydrogen) atoms. The van der Waals surface area contributed by atoms with Crippen LogP contribution in [0.2, 0.25) is 0 Å². The van der Waals surface area contributed by atoms with E-state index in [9.17, 15) is 5.11 Å². The van der Waals surface area contributed by atoms with Crippen LogP contribution in [0.4, 0.5) is 0 Å². The third-order valence-electron chi connectivity index (χ3n) is 2.35. The molecule has 0 aromatic carbocycles. The Kier molecular flexibility index (Phi) is 2.69. The lowest BCUT2D eigenvalue weighted by Crippen LogP contribution is -2.42. The van der Waals surface area contributed by atoms with E-state index in [4.69, 9.17) is 0 Å². The fraction of sp³-hybridized carbons (Fsp3) is 1.00. The van der Waals surface area contributed by atoms with Gasteiger partial charge in [0.2, 0.25) is 0 Å². The third kappa shape index (κ3) is 1.70. The van der Waals surface area contributed by atoms with Gasteiger partial charge in [0.15, 0.2) is 0 Å². The van der Waals surface area contributed by atoms with Crippen molar-refractivity contribution in [3.05, 3.63) is 0 Å². The van der Waals surface area contributed by atoms with Gasteiger partial charge in [-0.2, -0.15) is 0 Å². The van der Waals surface area contributed by atoms with Crippen LogP contribution < -0.4 is 5.32 Å². The van der Waals surface area contributed by atoms with E-state index in [0.717, 1.165) is 19.5 Å². The Morgan fingerprint density at radius 2 is 2.20 bits per heavy atom. The number of aliphatic hydroxyl groups excluding tert-OH is 1. The summed E-state index contributed by atoms with van der Waals surface area (Å²) in [5.41, 5.74) is 0. The molecule has 0 aromatic rings. The molecule has 0 aliphatic carbocycles. The van der Waals surface area contributed by atoms with Gasteiger partial charge in [-0.25, -0.2) is 0 Å². The van der Waals surface area contributed by atoms with Gasteiger partial charge in [-0.3, -0.25) is 0 Å². The van der Waals surface area contributed by atoms with E-state index in [-0.39, 0.29) is 6.10 Å². The Labute approximate surface area is 62.6 Å². The van der Waals surface area contributed by atoms with Crippen molar-refractivity contribution in [2.45, 2.75) is 26.4 Å². The highest BCUT2D eigenvalue weighted by molar-refractivity contribution is 4.78. The van der Waals surface area contributed by atoms with Crippen LogP contribution in [0.15, 0.2) is 0 Å². The van der Waals surface area contributed by atoms with Gasteiger partial charge in [0, 0.05) is 6.54 Å². The number of hydrogen-bond acceptors (Lipinski definition) is 2. The lowest BCUT2D eigenvalue weighted by Gasteiger charge is -2.31. The van der Waals surface area contributed by atoms with Crippen LogP contribution in [0.25, 0.3) is 0 Å². The Hall–Kier alpha value is -0.0800. The highest BCUT2D eigenvalue weighted by atomic mass is 16.3. The minimum Gasteiger partial charge on any atom is -0.393 e.